The van der Waals surface area contributed by atoms with Gasteiger partial charge in [0.1, 0.15) is 12.0 Å². The fourth-order valence-corrected chi connectivity index (χ4v) is 1.63. The number of aryl methyl sites for hydroxylation is 1. The first kappa shape index (κ1) is 12.3. The van der Waals surface area contributed by atoms with Crippen molar-refractivity contribution in [3.8, 4) is 0 Å². The van der Waals surface area contributed by atoms with Crippen molar-refractivity contribution >= 4 is 23.1 Å². The number of anilines is 1. The smallest absolute Gasteiger partial charge is 0.289 e. The number of nitrogens with one attached hydrogen (secondary N) is 1. The molecule has 0 amide bonds. The Morgan fingerprint density at radius 1 is 1.61 bits per heavy atom. The van der Waals surface area contributed by atoms with E-state index < -0.39 is 4.92 Å². The SMILES string of the molecule is Cn1nccc1CNc1ncc([N+](=O)[O-])cc1Cl. The molecule has 1 N–H and O–H groups in total. The van der Waals surface area contributed by atoms with E-state index in [4.69, 9.17) is 11.6 Å². The predicted molar refractivity (Wildman–Crippen MR) is 66.4 cm³/mol. The summed E-state index contributed by atoms with van der Waals surface area (Å²) >= 11 is 5.90. The third-order valence-electron chi connectivity index (χ3n) is 2.40. The lowest BCUT2D eigenvalue weighted by molar-refractivity contribution is -0.385. The van der Waals surface area contributed by atoms with Gasteiger partial charge in [-0.1, -0.05) is 11.6 Å². The molecule has 0 atom stereocenters. The first-order valence-electron chi connectivity index (χ1n) is 5.08. The fraction of sp³-hybridized carbons (Fsp3) is 0.200. The van der Waals surface area contributed by atoms with E-state index in [2.05, 4.69) is 15.4 Å². The molecule has 2 rings (SSSR count). The van der Waals surface area contributed by atoms with Crippen LogP contribution in [0.4, 0.5) is 11.5 Å². The average molecular weight is 268 g/mol. The number of rotatable bonds is 4. The maximum Gasteiger partial charge on any atom is 0.289 e. The summed E-state index contributed by atoms with van der Waals surface area (Å²) in [5, 5.41) is 17.8. The zero-order chi connectivity index (χ0) is 13.1. The van der Waals surface area contributed by atoms with Gasteiger partial charge in [0.2, 0.25) is 0 Å². The zero-order valence-corrected chi connectivity index (χ0v) is 10.3. The minimum absolute atomic E-state index is 0.133. The lowest BCUT2D eigenvalue weighted by atomic mass is 10.4. The highest BCUT2D eigenvalue weighted by Gasteiger charge is 2.10. The van der Waals surface area contributed by atoms with Gasteiger partial charge in [0.25, 0.3) is 5.69 Å². The summed E-state index contributed by atoms with van der Waals surface area (Å²) in [6.07, 6.45) is 2.85. The first-order chi connectivity index (χ1) is 8.58. The Balaban J connectivity index is 2.11. The summed E-state index contributed by atoms with van der Waals surface area (Å²) in [5.74, 6) is 0.406. The number of nitro groups is 1. The molecule has 0 aromatic carbocycles. The molecule has 0 fully saturated rings. The van der Waals surface area contributed by atoms with Crippen LogP contribution in [0.5, 0.6) is 0 Å². The summed E-state index contributed by atoms with van der Waals surface area (Å²) in [6, 6.07) is 3.12. The van der Waals surface area contributed by atoms with Crippen LogP contribution in [-0.4, -0.2) is 19.7 Å². The Morgan fingerprint density at radius 3 is 2.94 bits per heavy atom. The Kier molecular flexibility index (Phi) is 3.42. The van der Waals surface area contributed by atoms with Crippen molar-refractivity contribution in [3.63, 3.8) is 0 Å². The average Bonchev–Trinajstić information content (AvgIpc) is 2.73. The van der Waals surface area contributed by atoms with Crippen LogP contribution >= 0.6 is 11.6 Å². The molecule has 0 aliphatic rings. The van der Waals surface area contributed by atoms with Crippen molar-refractivity contribution in [3.05, 3.63) is 45.4 Å². The van der Waals surface area contributed by atoms with Gasteiger partial charge in [-0.25, -0.2) is 4.98 Å². The molecule has 7 nitrogen and oxygen atoms in total. The molecule has 2 heterocycles. The van der Waals surface area contributed by atoms with Gasteiger partial charge >= 0.3 is 0 Å². The highest BCUT2D eigenvalue weighted by atomic mass is 35.5. The molecule has 2 aromatic rings. The van der Waals surface area contributed by atoms with E-state index in [1.165, 1.54) is 6.07 Å². The number of hydrogen-bond donors (Lipinski definition) is 1. The molecule has 2 aromatic heterocycles. The molecule has 0 bridgehead atoms. The van der Waals surface area contributed by atoms with Crippen molar-refractivity contribution in [2.45, 2.75) is 6.54 Å². The molecular formula is C10H10ClN5O2. The molecule has 0 spiro atoms. The van der Waals surface area contributed by atoms with Crippen LogP contribution in [0, 0.1) is 10.1 Å². The minimum atomic E-state index is -0.538. The molecule has 0 saturated heterocycles. The Hall–Kier alpha value is -2.15. The molecule has 0 saturated carbocycles. The molecule has 94 valence electrons. The Bertz CT molecular complexity index is 583. The van der Waals surface area contributed by atoms with E-state index in [1.54, 1.807) is 10.9 Å². The second kappa shape index (κ2) is 5.01. The fourth-order valence-electron chi connectivity index (χ4n) is 1.41. The van der Waals surface area contributed by atoms with Gasteiger partial charge in [-0.15, -0.1) is 0 Å². The summed E-state index contributed by atoms with van der Waals surface area (Å²) < 4.78 is 1.71. The van der Waals surface area contributed by atoms with Gasteiger partial charge in [0.05, 0.1) is 22.2 Å². The van der Waals surface area contributed by atoms with Crippen molar-refractivity contribution < 1.29 is 4.92 Å². The molecule has 0 radical (unpaired) electrons. The van der Waals surface area contributed by atoms with Crippen LogP contribution in [0.15, 0.2) is 24.5 Å². The lowest BCUT2D eigenvalue weighted by Gasteiger charge is -2.07. The maximum absolute atomic E-state index is 10.5. The standard InChI is InChI=1S/C10H10ClN5O2/c1-15-7(2-3-14-15)5-12-10-9(11)4-8(6-13-10)16(17)18/h2-4,6H,5H2,1H3,(H,12,13). The topological polar surface area (TPSA) is 85.9 Å². The van der Waals surface area contributed by atoms with Crippen LogP contribution in [-0.2, 0) is 13.6 Å². The van der Waals surface area contributed by atoms with Crippen LogP contribution in [0.2, 0.25) is 5.02 Å². The summed E-state index contributed by atoms with van der Waals surface area (Å²) in [7, 11) is 1.82. The lowest BCUT2D eigenvalue weighted by Crippen LogP contribution is -2.07. The second-order valence-electron chi connectivity index (χ2n) is 3.58. The second-order valence-corrected chi connectivity index (χ2v) is 3.99. The van der Waals surface area contributed by atoms with Gasteiger partial charge in [-0.3, -0.25) is 14.8 Å². The van der Waals surface area contributed by atoms with E-state index in [0.717, 1.165) is 11.9 Å². The summed E-state index contributed by atoms with van der Waals surface area (Å²) in [6.45, 7) is 0.487. The monoisotopic (exact) mass is 267 g/mol. The van der Waals surface area contributed by atoms with Crippen LogP contribution in [0.3, 0.4) is 0 Å². The van der Waals surface area contributed by atoms with E-state index in [1.807, 2.05) is 13.1 Å². The number of aromatic nitrogens is 3. The molecule has 18 heavy (non-hydrogen) atoms. The third-order valence-corrected chi connectivity index (χ3v) is 2.69. The van der Waals surface area contributed by atoms with Crippen molar-refractivity contribution in [1.29, 1.82) is 0 Å². The molecule has 0 aliphatic carbocycles. The number of hydrogen-bond acceptors (Lipinski definition) is 5. The summed E-state index contributed by atoms with van der Waals surface area (Å²) in [4.78, 5) is 13.9. The normalized spacial score (nSPS) is 10.3. The molecule has 8 heteroatoms. The van der Waals surface area contributed by atoms with E-state index in [-0.39, 0.29) is 10.7 Å². The minimum Gasteiger partial charge on any atom is -0.363 e. The number of halogens is 1. The van der Waals surface area contributed by atoms with Crippen molar-refractivity contribution in [2.75, 3.05) is 5.32 Å². The van der Waals surface area contributed by atoms with Crippen molar-refractivity contribution in [2.24, 2.45) is 7.05 Å². The van der Waals surface area contributed by atoms with E-state index >= 15 is 0 Å². The van der Waals surface area contributed by atoms with Gasteiger partial charge < -0.3 is 5.32 Å². The van der Waals surface area contributed by atoms with E-state index in [0.29, 0.717) is 12.4 Å². The third kappa shape index (κ3) is 2.57. The summed E-state index contributed by atoms with van der Waals surface area (Å²) in [5.41, 5.74) is 0.817. The van der Waals surface area contributed by atoms with Crippen LogP contribution in [0.25, 0.3) is 0 Å². The largest absolute Gasteiger partial charge is 0.363 e. The first-order valence-corrected chi connectivity index (χ1v) is 5.46. The molecule has 0 aliphatic heterocycles. The Labute approximate surface area is 108 Å². The zero-order valence-electron chi connectivity index (χ0n) is 9.50. The number of pyridine rings is 1. The quantitative estimate of drug-likeness (QED) is 0.676. The highest BCUT2D eigenvalue weighted by Crippen LogP contribution is 2.24. The van der Waals surface area contributed by atoms with Crippen LogP contribution < -0.4 is 5.32 Å². The highest BCUT2D eigenvalue weighted by molar-refractivity contribution is 6.33. The van der Waals surface area contributed by atoms with Gasteiger partial charge in [-0.2, -0.15) is 5.10 Å². The number of nitrogens with zero attached hydrogens (tertiary/aromatic N) is 4. The predicted octanol–water partition coefficient (Wildman–Crippen LogP) is 1.99. The van der Waals surface area contributed by atoms with Crippen LogP contribution in [0.1, 0.15) is 5.69 Å². The molecule has 0 unspecified atom stereocenters. The van der Waals surface area contributed by atoms with Gasteiger partial charge in [-0.05, 0) is 6.07 Å². The Morgan fingerprint density at radius 2 is 2.39 bits per heavy atom. The molecular weight excluding hydrogens is 258 g/mol. The van der Waals surface area contributed by atoms with Gasteiger partial charge in [0, 0.05) is 19.3 Å². The van der Waals surface area contributed by atoms with Gasteiger partial charge in [0.15, 0.2) is 0 Å². The van der Waals surface area contributed by atoms with E-state index in [9.17, 15) is 10.1 Å². The maximum atomic E-state index is 10.5. The van der Waals surface area contributed by atoms with Crippen molar-refractivity contribution in [1.82, 2.24) is 14.8 Å².